The topological polar surface area (TPSA) is 80.9 Å². The average Bonchev–Trinajstić information content (AvgIpc) is 2.49. The van der Waals surface area contributed by atoms with Crippen LogP contribution < -0.4 is 11.1 Å². The van der Waals surface area contributed by atoms with E-state index >= 15 is 0 Å². The molecule has 0 fully saturated rings. The molecular formula is C12H18N4O. The maximum absolute atomic E-state index is 10.9. The zero-order valence-electron chi connectivity index (χ0n) is 10.1. The number of primary amides is 1. The normalized spacial score (nSPS) is 19.5. The predicted octanol–water partition coefficient (Wildman–Crippen LogP) is 0.491. The Kier molecular flexibility index (Phi) is 3.68. The van der Waals surface area contributed by atoms with Crippen LogP contribution in [0.25, 0.3) is 0 Å². The molecule has 1 amide bonds. The number of hydrogen-bond acceptors (Lipinski definition) is 4. The van der Waals surface area contributed by atoms with Gasteiger partial charge in [0.25, 0.3) is 0 Å². The molecule has 1 aliphatic carbocycles. The minimum absolute atomic E-state index is 0.123. The van der Waals surface area contributed by atoms with Crippen molar-refractivity contribution >= 4 is 5.91 Å². The molecule has 0 spiro atoms. The molecule has 92 valence electrons. The van der Waals surface area contributed by atoms with Gasteiger partial charge in [0.05, 0.1) is 6.42 Å². The van der Waals surface area contributed by atoms with Gasteiger partial charge in [-0.05, 0) is 26.3 Å². The van der Waals surface area contributed by atoms with Gasteiger partial charge in [0, 0.05) is 23.5 Å². The first-order chi connectivity index (χ1) is 8.20. The molecular weight excluding hydrogens is 216 g/mol. The summed E-state index contributed by atoms with van der Waals surface area (Å²) in [7, 11) is 1.96. The first-order valence-electron chi connectivity index (χ1n) is 6.01. The lowest BCUT2D eigenvalue weighted by Crippen LogP contribution is -2.20. The van der Waals surface area contributed by atoms with Crippen molar-refractivity contribution in [3.63, 3.8) is 0 Å². The molecule has 5 nitrogen and oxygen atoms in total. The van der Waals surface area contributed by atoms with E-state index in [1.54, 1.807) is 0 Å². The number of carbonyl (C=O) groups excluding carboxylic acids is 1. The molecule has 0 bridgehead atoms. The van der Waals surface area contributed by atoms with Gasteiger partial charge in [0.15, 0.2) is 0 Å². The third-order valence-corrected chi connectivity index (χ3v) is 3.16. The molecule has 5 heteroatoms. The molecule has 1 heterocycles. The van der Waals surface area contributed by atoms with Crippen LogP contribution in [0, 0.1) is 0 Å². The Bertz CT molecular complexity index is 419. The number of aryl methyl sites for hydroxylation is 1. The minimum Gasteiger partial charge on any atom is -0.369 e. The number of rotatable bonds is 3. The van der Waals surface area contributed by atoms with Crippen LogP contribution in [0.3, 0.4) is 0 Å². The molecule has 2 rings (SSSR count). The predicted molar refractivity (Wildman–Crippen MR) is 64.3 cm³/mol. The van der Waals surface area contributed by atoms with Crippen LogP contribution in [-0.4, -0.2) is 22.9 Å². The van der Waals surface area contributed by atoms with Crippen LogP contribution in [0.1, 0.15) is 42.4 Å². The van der Waals surface area contributed by atoms with Crippen LogP contribution in [0.4, 0.5) is 0 Å². The van der Waals surface area contributed by atoms with E-state index in [0.29, 0.717) is 11.9 Å². The Balaban J connectivity index is 2.30. The fraction of sp³-hybridized carbons (Fsp3) is 0.583. The quantitative estimate of drug-likeness (QED) is 0.746. The largest absolute Gasteiger partial charge is 0.369 e. The highest BCUT2D eigenvalue weighted by Gasteiger charge is 2.19. The summed E-state index contributed by atoms with van der Waals surface area (Å²) in [6.45, 7) is 0. The Hall–Kier alpha value is -1.49. The Labute approximate surface area is 101 Å². The molecule has 3 N–H and O–H groups in total. The summed E-state index contributed by atoms with van der Waals surface area (Å²) in [4.78, 5) is 19.5. The lowest BCUT2D eigenvalue weighted by molar-refractivity contribution is -0.117. The van der Waals surface area contributed by atoms with Gasteiger partial charge in [-0.2, -0.15) is 0 Å². The van der Waals surface area contributed by atoms with E-state index in [4.69, 9.17) is 5.73 Å². The number of amides is 1. The van der Waals surface area contributed by atoms with Crippen LogP contribution in [0.5, 0.6) is 0 Å². The smallest absolute Gasteiger partial charge is 0.225 e. The third kappa shape index (κ3) is 2.79. The molecule has 0 saturated carbocycles. The summed E-state index contributed by atoms with van der Waals surface area (Å²) >= 11 is 0. The van der Waals surface area contributed by atoms with Gasteiger partial charge >= 0.3 is 0 Å². The summed E-state index contributed by atoms with van der Waals surface area (Å²) in [5.74, 6) is 0.150. The number of nitrogens with zero attached hydrogens (tertiary/aromatic N) is 2. The molecule has 1 atom stereocenters. The van der Waals surface area contributed by atoms with E-state index in [1.165, 1.54) is 12.0 Å². The van der Waals surface area contributed by atoms with Crippen molar-refractivity contribution in [3.05, 3.63) is 23.3 Å². The van der Waals surface area contributed by atoms with Crippen molar-refractivity contribution in [3.8, 4) is 0 Å². The van der Waals surface area contributed by atoms with Crippen molar-refractivity contribution < 1.29 is 4.79 Å². The first-order valence-corrected chi connectivity index (χ1v) is 6.01. The van der Waals surface area contributed by atoms with E-state index in [0.717, 1.165) is 25.0 Å². The second-order valence-corrected chi connectivity index (χ2v) is 4.42. The molecule has 17 heavy (non-hydrogen) atoms. The van der Waals surface area contributed by atoms with E-state index in [-0.39, 0.29) is 12.3 Å². The number of nitrogens with two attached hydrogens (primary N) is 1. The molecule has 1 aromatic heterocycles. The Morgan fingerprint density at radius 3 is 3.12 bits per heavy atom. The molecule has 0 aromatic carbocycles. The third-order valence-electron chi connectivity index (χ3n) is 3.16. The molecule has 1 unspecified atom stereocenters. The first kappa shape index (κ1) is 12.0. The number of fused-ring (bicyclic) bond motifs is 1. The molecule has 1 aromatic rings. The highest BCUT2D eigenvalue weighted by atomic mass is 16.1. The Morgan fingerprint density at radius 2 is 2.41 bits per heavy atom. The van der Waals surface area contributed by atoms with Gasteiger partial charge in [0.2, 0.25) is 5.91 Å². The fourth-order valence-electron chi connectivity index (χ4n) is 2.30. The van der Waals surface area contributed by atoms with E-state index < -0.39 is 0 Å². The SMILES string of the molecule is CNC1CCCCc2nc(CC(N)=O)ncc21. The molecule has 0 saturated heterocycles. The second-order valence-electron chi connectivity index (χ2n) is 4.42. The van der Waals surface area contributed by atoms with E-state index in [9.17, 15) is 4.79 Å². The van der Waals surface area contributed by atoms with Crippen molar-refractivity contribution in [1.29, 1.82) is 0 Å². The van der Waals surface area contributed by atoms with E-state index in [1.807, 2.05) is 13.2 Å². The second kappa shape index (κ2) is 5.23. The maximum atomic E-state index is 10.9. The highest BCUT2D eigenvalue weighted by molar-refractivity contribution is 5.75. The monoisotopic (exact) mass is 234 g/mol. The van der Waals surface area contributed by atoms with Crippen LogP contribution in [-0.2, 0) is 17.6 Å². The number of carbonyl (C=O) groups is 1. The summed E-state index contributed by atoms with van der Waals surface area (Å²) in [5, 5.41) is 3.29. The van der Waals surface area contributed by atoms with Gasteiger partial charge in [-0.1, -0.05) is 6.42 Å². The fourth-order valence-corrected chi connectivity index (χ4v) is 2.30. The average molecular weight is 234 g/mol. The maximum Gasteiger partial charge on any atom is 0.225 e. The zero-order chi connectivity index (χ0) is 12.3. The zero-order valence-corrected chi connectivity index (χ0v) is 10.1. The molecule has 1 aliphatic rings. The highest BCUT2D eigenvalue weighted by Crippen LogP contribution is 2.26. The minimum atomic E-state index is -0.385. The van der Waals surface area contributed by atoms with Gasteiger partial charge in [0.1, 0.15) is 5.82 Å². The lowest BCUT2D eigenvalue weighted by atomic mass is 10.1. The van der Waals surface area contributed by atoms with Gasteiger partial charge in [-0.15, -0.1) is 0 Å². The van der Waals surface area contributed by atoms with Crippen molar-refractivity contribution in [2.75, 3.05) is 7.05 Å². The van der Waals surface area contributed by atoms with Crippen LogP contribution in [0.15, 0.2) is 6.20 Å². The lowest BCUT2D eigenvalue weighted by Gasteiger charge is -2.15. The van der Waals surface area contributed by atoms with Crippen LogP contribution in [0.2, 0.25) is 0 Å². The number of nitrogens with one attached hydrogen (secondary N) is 1. The summed E-state index contributed by atoms with van der Waals surface area (Å²) < 4.78 is 0. The summed E-state index contributed by atoms with van der Waals surface area (Å²) in [6.07, 6.45) is 6.36. The summed E-state index contributed by atoms with van der Waals surface area (Å²) in [6, 6.07) is 0.329. The van der Waals surface area contributed by atoms with Gasteiger partial charge < -0.3 is 11.1 Å². The number of aromatic nitrogens is 2. The number of hydrogen-bond donors (Lipinski definition) is 2. The van der Waals surface area contributed by atoms with Crippen molar-refractivity contribution in [2.24, 2.45) is 5.73 Å². The Morgan fingerprint density at radius 1 is 1.59 bits per heavy atom. The molecule has 0 aliphatic heterocycles. The van der Waals surface area contributed by atoms with Gasteiger partial charge in [-0.3, -0.25) is 4.79 Å². The van der Waals surface area contributed by atoms with E-state index in [2.05, 4.69) is 15.3 Å². The van der Waals surface area contributed by atoms with Crippen molar-refractivity contribution in [2.45, 2.75) is 38.1 Å². The van der Waals surface area contributed by atoms with Crippen molar-refractivity contribution in [1.82, 2.24) is 15.3 Å². The standard InChI is InChI=1S/C12H18N4O/c1-14-9-4-2-3-5-10-8(9)7-15-12(16-10)6-11(13)17/h7,9,14H,2-6H2,1H3,(H2,13,17). The molecule has 0 radical (unpaired) electrons. The summed E-state index contributed by atoms with van der Waals surface area (Å²) in [5.41, 5.74) is 7.38. The van der Waals surface area contributed by atoms with Gasteiger partial charge in [-0.25, -0.2) is 9.97 Å². The van der Waals surface area contributed by atoms with Crippen LogP contribution >= 0.6 is 0 Å².